The van der Waals surface area contributed by atoms with Gasteiger partial charge in [0.15, 0.2) is 0 Å². The Kier molecular flexibility index (Phi) is 4.26. The number of nitrogens with zero attached hydrogens (tertiary/aromatic N) is 2. The minimum Gasteiger partial charge on any atom is -0.496 e. The highest BCUT2D eigenvalue weighted by Gasteiger charge is 2.35. The predicted octanol–water partition coefficient (Wildman–Crippen LogP) is 1.41. The largest absolute Gasteiger partial charge is 0.496 e. The molecule has 5 nitrogen and oxygen atoms in total. The normalized spacial score (nSPS) is 18.1. The first-order valence-electron chi connectivity index (χ1n) is 6.65. The number of hydrogen-bond donors (Lipinski definition) is 1. The highest BCUT2D eigenvalue weighted by atomic mass is 16.5. The summed E-state index contributed by atoms with van der Waals surface area (Å²) in [6.45, 7) is 1.61. The van der Waals surface area contributed by atoms with Crippen LogP contribution in [0.1, 0.15) is 23.2 Å². The lowest BCUT2D eigenvalue weighted by atomic mass is 9.89. The van der Waals surface area contributed by atoms with Crippen molar-refractivity contribution in [3.8, 4) is 11.8 Å². The first kappa shape index (κ1) is 14.4. The number of likely N-dealkylation sites (tertiary alicyclic amines) is 1. The smallest absolute Gasteiger partial charge is 0.256 e. The molecule has 106 valence electrons. The minimum atomic E-state index is -0.773. The molecule has 1 aromatic carbocycles. The number of nitrogens with one attached hydrogen (secondary N) is 1. The Labute approximate surface area is 119 Å². The van der Waals surface area contributed by atoms with E-state index in [2.05, 4.69) is 16.3 Å². The van der Waals surface area contributed by atoms with Crippen molar-refractivity contribution >= 4 is 5.91 Å². The van der Waals surface area contributed by atoms with E-state index in [1.54, 1.807) is 18.2 Å². The third-order valence-electron chi connectivity index (χ3n) is 3.76. The SMILES string of the molecule is COc1ccccc1C(=O)NC1(C#N)CCN(C)CC1. The number of piperidine rings is 1. The molecule has 2 rings (SSSR count). The fraction of sp³-hybridized carbons (Fsp3) is 0.467. The molecule has 0 spiro atoms. The van der Waals surface area contributed by atoms with Crippen LogP contribution in [-0.2, 0) is 0 Å². The van der Waals surface area contributed by atoms with Crippen LogP contribution in [0.25, 0.3) is 0 Å². The average molecular weight is 273 g/mol. The molecule has 0 bridgehead atoms. The molecule has 1 saturated heterocycles. The number of benzene rings is 1. The van der Waals surface area contributed by atoms with Crippen LogP contribution in [0.2, 0.25) is 0 Å². The maximum absolute atomic E-state index is 12.4. The van der Waals surface area contributed by atoms with E-state index in [9.17, 15) is 10.1 Å². The number of carbonyl (C=O) groups is 1. The molecule has 1 amide bonds. The van der Waals surface area contributed by atoms with E-state index < -0.39 is 5.54 Å². The van der Waals surface area contributed by atoms with E-state index in [1.807, 2.05) is 13.1 Å². The number of ether oxygens (including phenoxy) is 1. The van der Waals surface area contributed by atoms with Gasteiger partial charge in [-0.05, 0) is 32.0 Å². The molecule has 0 aromatic heterocycles. The highest BCUT2D eigenvalue weighted by molar-refractivity contribution is 5.97. The zero-order valence-corrected chi connectivity index (χ0v) is 11.8. The second kappa shape index (κ2) is 5.93. The molecule has 1 fully saturated rings. The lowest BCUT2D eigenvalue weighted by Crippen LogP contribution is -2.53. The van der Waals surface area contributed by atoms with E-state index in [4.69, 9.17) is 4.74 Å². The quantitative estimate of drug-likeness (QED) is 0.904. The van der Waals surface area contributed by atoms with Crippen LogP contribution in [0, 0.1) is 11.3 Å². The molecule has 1 N–H and O–H groups in total. The van der Waals surface area contributed by atoms with Crippen molar-refractivity contribution in [3.63, 3.8) is 0 Å². The number of hydrogen-bond acceptors (Lipinski definition) is 4. The second-order valence-electron chi connectivity index (χ2n) is 5.15. The van der Waals surface area contributed by atoms with Crippen molar-refractivity contribution in [1.29, 1.82) is 5.26 Å². The Balaban J connectivity index is 2.16. The highest BCUT2D eigenvalue weighted by Crippen LogP contribution is 2.23. The van der Waals surface area contributed by atoms with Gasteiger partial charge in [-0.2, -0.15) is 5.26 Å². The molecule has 0 unspecified atom stereocenters. The van der Waals surface area contributed by atoms with Gasteiger partial charge in [0.25, 0.3) is 5.91 Å². The van der Waals surface area contributed by atoms with E-state index in [0.717, 1.165) is 13.1 Å². The summed E-state index contributed by atoms with van der Waals surface area (Å²) in [6, 6.07) is 9.31. The Hall–Kier alpha value is -2.06. The number of nitriles is 1. The molecular formula is C15H19N3O2. The number of carbonyl (C=O) groups excluding carboxylic acids is 1. The minimum absolute atomic E-state index is 0.256. The van der Waals surface area contributed by atoms with E-state index >= 15 is 0 Å². The summed E-state index contributed by atoms with van der Waals surface area (Å²) < 4.78 is 5.19. The third-order valence-corrected chi connectivity index (χ3v) is 3.76. The number of para-hydroxylation sites is 1. The van der Waals surface area contributed by atoms with Crippen molar-refractivity contribution < 1.29 is 9.53 Å². The standard InChI is InChI=1S/C15H19N3O2/c1-18-9-7-15(11-16,8-10-18)17-14(19)12-5-3-4-6-13(12)20-2/h3-6H,7-10H2,1-2H3,(H,17,19). The Morgan fingerprint density at radius 2 is 2.05 bits per heavy atom. The van der Waals surface area contributed by atoms with Crippen LogP contribution in [0.5, 0.6) is 5.75 Å². The van der Waals surface area contributed by atoms with Gasteiger partial charge >= 0.3 is 0 Å². The number of amides is 1. The van der Waals surface area contributed by atoms with Gasteiger partial charge < -0.3 is 15.0 Å². The lowest BCUT2D eigenvalue weighted by molar-refractivity contribution is 0.0879. The van der Waals surface area contributed by atoms with Gasteiger partial charge in [0.2, 0.25) is 0 Å². The van der Waals surface area contributed by atoms with Crippen molar-refractivity contribution in [2.24, 2.45) is 0 Å². The molecular weight excluding hydrogens is 254 g/mol. The topological polar surface area (TPSA) is 65.4 Å². The van der Waals surface area contributed by atoms with Crippen LogP contribution in [0.4, 0.5) is 0 Å². The fourth-order valence-electron chi connectivity index (χ4n) is 2.38. The molecule has 0 atom stereocenters. The van der Waals surface area contributed by atoms with Gasteiger partial charge in [-0.25, -0.2) is 0 Å². The Bertz CT molecular complexity index is 528. The molecule has 1 aliphatic heterocycles. The summed E-state index contributed by atoms with van der Waals surface area (Å²) in [5.41, 5.74) is -0.312. The monoisotopic (exact) mass is 273 g/mol. The van der Waals surface area contributed by atoms with Crippen LogP contribution in [-0.4, -0.2) is 43.6 Å². The van der Waals surface area contributed by atoms with Gasteiger partial charge in [-0.1, -0.05) is 12.1 Å². The van der Waals surface area contributed by atoms with Gasteiger partial charge in [0, 0.05) is 13.1 Å². The van der Waals surface area contributed by atoms with E-state index in [-0.39, 0.29) is 5.91 Å². The van der Waals surface area contributed by atoms with E-state index in [1.165, 1.54) is 7.11 Å². The molecule has 5 heteroatoms. The summed E-state index contributed by atoms with van der Waals surface area (Å²) in [7, 11) is 3.55. The van der Waals surface area contributed by atoms with Gasteiger partial charge in [-0.15, -0.1) is 0 Å². The second-order valence-corrected chi connectivity index (χ2v) is 5.15. The lowest BCUT2D eigenvalue weighted by Gasteiger charge is -2.36. The maximum Gasteiger partial charge on any atom is 0.256 e. The average Bonchev–Trinajstić information content (AvgIpc) is 2.49. The maximum atomic E-state index is 12.4. The summed E-state index contributed by atoms with van der Waals surface area (Å²) >= 11 is 0. The Morgan fingerprint density at radius 3 is 2.65 bits per heavy atom. The van der Waals surface area contributed by atoms with Gasteiger partial charge in [-0.3, -0.25) is 4.79 Å². The van der Waals surface area contributed by atoms with Crippen molar-refractivity contribution in [3.05, 3.63) is 29.8 Å². The molecule has 0 radical (unpaired) electrons. The van der Waals surface area contributed by atoms with E-state index in [0.29, 0.717) is 24.2 Å². The third kappa shape index (κ3) is 2.91. The summed E-state index contributed by atoms with van der Waals surface area (Å²) in [5.74, 6) is 0.263. The summed E-state index contributed by atoms with van der Waals surface area (Å²) in [5, 5.41) is 12.3. The summed E-state index contributed by atoms with van der Waals surface area (Å²) in [6.07, 6.45) is 1.28. The predicted molar refractivity (Wildman–Crippen MR) is 75.5 cm³/mol. The number of rotatable bonds is 3. The van der Waals surface area contributed by atoms with Crippen LogP contribution in [0.3, 0.4) is 0 Å². The first-order valence-corrected chi connectivity index (χ1v) is 6.65. The fourth-order valence-corrected chi connectivity index (χ4v) is 2.38. The van der Waals surface area contributed by atoms with Crippen molar-refractivity contribution in [2.45, 2.75) is 18.4 Å². The van der Waals surface area contributed by atoms with Crippen molar-refractivity contribution in [2.75, 3.05) is 27.2 Å². The molecule has 1 heterocycles. The molecule has 1 aliphatic rings. The Morgan fingerprint density at radius 1 is 1.40 bits per heavy atom. The zero-order chi connectivity index (χ0) is 14.6. The number of methoxy groups -OCH3 is 1. The van der Waals surface area contributed by atoms with Crippen molar-refractivity contribution in [1.82, 2.24) is 10.2 Å². The van der Waals surface area contributed by atoms with Crippen LogP contribution < -0.4 is 10.1 Å². The zero-order valence-electron chi connectivity index (χ0n) is 11.8. The van der Waals surface area contributed by atoms with Gasteiger partial charge in [0.05, 0.1) is 18.7 Å². The first-order chi connectivity index (χ1) is 9.60. The van der Waals surface area contributed by atoms with Crippen LogP contribution >= 0.6 is 0 Å². The molecule has 20 heavy (non-hydrogen) atoms. The van der Waals surface area contributed by atoms with Crippen LogP contribution in [0.15, 0.2) is 24.3 Å². The molecule has 0 saturated carbocycles. The summed E-state index contributed by atoms with van der Waals surface area (Å²) in [4.78, 5) is 14.5. The molecule has 0 aliphatic carbocycles. The van der Waals surface area contributed by atoms with Gasteiger partial charge in [0.1, 0.15) is 11.3 Å². The molecule has 1 aromatic rings.